The van der Waals surface area contributed by atoms with E-state index in [-0.39, 0.29) is 24.9 Å². The zero-order valence-electron chi connectivity index (χ0n) is 11.3. The summed E-state index contributed by atoms with van der Waals surface area (Å²) in [6.07, 6.45) is 0. The van der Waals surface area contributed by atoms with Gasteiger partial charge in [-0.1, -0.05) is 0 Å². The van der Waals surface area contributed by atoms with E-state index in [1.165, 1.54) is 4.90 Å². The second kappa shape index (κ2) is 5.31. The second-order valence-electron chi connectivity index (χ2n) is 4.29. The molecule has 0 bridgehead atoms. The van der Waals surface area contributed by atoms with Crippen molar-refractivity contribution in [3.05, 3.63) is 23.3 Å². The van der Waals surface area contributed by atoms with Crippen molar-refractivity contribution in [3.8, 4) is 0 Å². The van der Waals surface area contributed by atoms with Crippen LogP contribution in [0.4, 0.5) is 0 Å². The number of likely N-dealkylation sites (N-methyl/N-ethyl adjacent to an activating group) is 1. The molecule has 0 spiro atoms. The van der Waals surface area contributed by atoms with Crippen molar-refractivity contribution in [3.63, 3.8) is 0 Å². The third kappa shape index (κ3) is 2.55. The van der Waals surface area contributed by atoms with Crippen molar-refractivity contribution < 1.29 is 9.90 Å². The lowest BCUT2D eigenvalue weighted by Gasteiger charge is -2.17. The molecule has 7 heteroatoms. The van der Waals surface area contributed by atoms with Gasteiger partial charge in [0.15, 0.2) is 0 Å². The fraction of sp³-hybridized carbons (Fsp3) is 0.500. The highest BCUT2D eigenvalue weighted by molar-refractivity contribution is 5.90. The molecule has 1 N–H and O–H groups in total. The van der Waals surface area contributed by atoms with Crippen molar-refractivity contribution in [2.75, 3.05) is 19.7 Å². The predicted molar refractivity (Wildman–Crippen MR) is 68.9 cm³/mol. The number of rotatable bonds is 4. The first kappa shape index (κ1) is 13.4. The molecule has 102 valence electrons. The van der Waals surface area contributed by atoms with Gasteiger partial charge in [-0.15, -0.1) is 5.10 Å². The second-order valence-corrected chi connectivity index (χ2v) is 4.29. The van der Waals surface area contributed by atoms with Crippen LogP contribution in [-0.4, -0.2) is 55.2 Å². The zero-order valence-corrected chi connectivity index (χ0v) is 11.3. The van der Waals surface area contributed by atoms with Crippen LogP contribution < -0.4 is 0 Å². The number of aryl methyl sites for hydroxylation is 2. The molecule has 2 heterocycles. The van der Waals surface area contributed by atoms with Crippen molar-refractivity contribution >= 4 is 11.7 Å². The molecule has 0 unspecified atom stereocenters. The summed E-state index contributed by atoms with van der Waals surface area (Å²) in [5, 5.41) is 13.1. The minimum Gasteiger partial charge on any atom is -0.395 e. The van der Waals surface area contributed by atoms with Gasteiger partial charge in [-0.05, 0) is 26.8 Å². The van der Waals surface area contributed by atoms with Gasteiger partial charge in [-0.3, -0.25) is 4.79 Å². The normalized spacial score (nSPS) is 10.9. The summed E-state index contributed by atoms with van der Waals surface area (Å²) in [4.78, 5) is 22.1. The van der Waals surface area contributed by atoms with Crippen molar-refractivity contribution in [1.82, 2.24) is 24.5 Å². The summed E-state index contributed by atoms with van der Waals surface area (Å²) in [5.74, 6) is 0.233. The number of hydrogen-bond acceptors (Lipinski definition) is 5. The third-order valence-corrected chi connectivity index (χ3v) is 2.85. The lowest BCUT2D eigenvalue weighted by Crippen LogP contribution is -2.34. The van der Waals surface area contributed by atoms with Crippen LogP contribution in [0, 0.1) is 13.8 Å². The number of aromatic nitrogens is 4. The monoisotopic (exact) mass is 263 g/mol. The first-order valence-electron chi connectivity index (χ1n) is 6.18. The van der Waals surface area contributed by atoms with E-state index in [1.807, 2.05) is 26.8 Å². The molecular formula is C12H17N5O2. The smallest absolute Gasteiger partial charge is 0.293 e. The van der Waals surface area contributed by atoms with E-state index in [2.05, 4.69) is 15.1 Å². The Bertz CT molecular complexity index is 607. The molecule has 7 nitrogen and oxygen atoms in total. The van der Waals surface area contributed by atoms with Crippen molar-refractivity contribution in [1.29, 1.82) is 0 Å². The van der Waals surface area contributed by atoms with Crippen LogP contribution >= 0.6 is 0 Å². The first-order valence-corrected chi connectivity index (χ1v) is 6.18. The summed E-state index contributed by atoms with van der Waals surface area (Å²) in [5.41, 5.74) is 1.71. The van der Waals surface area contributed by atoms with E-state index < -0.39 is 0 Å². The Labute approximate surface area is 110 Å². The molecule has 2 aromatic heterocycles. The van der Waals surface area contributed by atoms with Gasteiger partial charge in [0, 0.05) is 24.5 Å². The minimum atomic E-state index is -0.292. The van der Waals surface area contributed by atoms with Gasteiger partial charge in [0.2, 0.25) is 5.82 Å². The highest BCUT2D eigenvalue weighted by atomic mass is 16.3. The largest absolute Gasteiger partial charge is 0.395 e. The molecule has 19 heavy (non-hydrogen) atoms. The van der Waals surface area contributed by atoms with Gasteiger partial charge >= 0.3 is 0 Å². The van der Waals surface area contributed by atoms with Crippen LogP contribution in [0.5, 0.6) is 0 Å². The van der Waals surface area contributed by atoms with Crippen LogP contribution in [0.3, 0.4) is 0 Å². The van der Waals surface area contributed by atoms with Crippen molar-refractivity contribution in [2.45, 2.75) is 20.8 Å². The fourth-order valence-electron chi connectivity index (χ4n) is 1.92. The standard InChI is InChI=1S/C12H17N5O2/c1-4-16(5-6-18)11(19)10-14-12-13-8(2)7-9(3)17(12)15-10/h7,18H,4-6H2,1-3H3. The van der Waals surface area contributed by atoms with E-state index in [0.29, 0.717) is 12.3 Å². The zero-order chi connectivity index (χ0) is 14.0. The fourth-order valence-corrected chi connectivity index (χ4v) is 1.92. The lowest BCUT2D eigenvalue weighted by atomic mass is 10.4. The van der Waals surface area contributed by atoms with Gasteiger partial charge in [0.1, 0.15) is 0 Å². The van der Waals surface area contributed by atoms with Gasteiger partial charge in [0.25, 0.3) is 11.7 Å². The Morgan fingerprint density at radius 2 is 2.16 bits per heavy atom. The number of carbonyl (C=O) groups is 1. The molecule has 0 atom stereocenters. The molecule has 0 fully saturated rings. The molecule has 0 aliphatic heterocycles. The number of amides is 1. The van der Waals surface area contributed by atoms with E-state index in [1.54, 1.807) is 4.52 Å². The number of hydrogen-bond donors (Lipinski definition) is 1. The summed E-state index contributed by atoms with van der Waals surface area (Å²) in [6, 6.07) is 1.88. The highest BCUT2D eigenvalue weighted by Crippen LogP contribution is 2.07. The van der Waals surface area contributed by atoms with Gasteiger partial charge in [0.05, 0.1) is 6.61 Å². The lowest BCUT2D eigenvalue weighted by molar-refractivity contribution is 0.0720. The molecule has 0 aliphatic rings. The Morgan fingerprint density at radius 1 is 1.42 bits per heavy atom. The van der Waals surface area contributed by atoms with Gasteiger partial charge < -0.3 is 10.0 Å². The SMILES string of the molecule is CCN(CCO)C(=O)c1nc2nc(C)cc(C)n2n1. The maximum Gasteiger partial charge on any atom is 0.293 e. The highest BCUT2D eigenvalue weighted by Gasteiger charge is 2.19. The molecule has 2 aromatic rings. The van der Waals surface area contributed by atoms with Crippen LogP contribution in [0.15, 0.2) is 6.07 Å². The quantitative estimate of drug-likeness (QED) is 0.851. The van der Waals surface area contributed by atoms with Crippen molar-refractivity contribution in [2.24, 2.45) is 0 Å². The molecule has 0 aliphatic carbocycles. The van der Waals surface area contributed by atoms with Crippen LogP contribution in [0.1, 0.15) is 28.9 Å². The molecular weight excluding hydrogens is 246 g/mol. The topological polar surface area (TPSA) is 83.6 Å². The summed E-state index contributed by atoms with van der Waals surface area (Å²) >= 11 is 0. The maximum atomic E-state index is 12.2. The summed E-state index contributed by atoms with van der Waals surface area (Å²) < 4.78 is 1.55. The average Bonchev–Trinajstić information content (AvgIpc) is 2.79. The van der Waals surface area contributed by atoms with E-state index >= 15 is 0 Å². The molecule has 0 saturated heterocycles. The Morgan fingerprint density at radius 3 is 2.79 bits per heavy atom. The number of fused-ring (bicyclic) bond motifs is 1. The Balaban J connectivity index is 2.40. The average molecular weight is 263 g/mol. The number of aliphatic hydroxyl groups is 1. The molecule has 1 amide bonds. The van der Waals surface area contributed by atoms with Crippen LogP contribution in [0.25, 0.3) is 5.78 Å². The van der Waals surface area contributed by atoms with Gasteiger partial charge in [-0.2, -0.15) is 4.98 Å². The van der Waals surface area contributed by atoms with Crippen LogP contribution in [-0.2, 0) is 0 Å². The number of nitrogens with zero attached hydrogens (tertiary/aromatic N) is 5. The van der Waals surface area contributed by atoms with Gasteiger partial charge in [-0.25, -0.2) is 9.50 Å². The molecule has 2 rings (SSSR count). The minimum absolute atomic E-state index is 0.0800. The summed E-state index contributed by atoms with van der Waals surface area (Å²) in [7, 11) is 0. The predicted octanol–water partition coefficient (Wildman–Crippen LogP) is 0.196. The molecule has 0 radical (unpaired) electrons. The number of carbonyl (C=O) groups excluding carboxylic acids is 1. The summed E-state index contributed by atoms with van der Waals surface area (Å²) in [6.45, 7) is 6.29. The maximum absolute atomic E-state index is 12.2. The number of aliphatic hydroxyl groups excluding tert-OH is 1. The van der Waals surface area contributed by atoms with E-state index in [4.69, 9.17) is 5.11 Å². The Hall–Kier alpha value is -2.02. The molecule has 0 aromatic carbocycles. The van der Waals surface area contributed by atoms with E-state index in [0.717, 1.165) is 11.4 Å². The Kier molecular flexibility index (Phi) is 3.75. The van der Waals surface area contributed by atoms with E-state index in [9.17, 15) is 4.79 Å². The molecule has 0 saturated carbocycles. The first-order chi connectivity index (χ1) is 9.06. The third-order valence-electron chi connectivity index (χ3n) is 2.85. The van der Waals surface area contributed by atoms with Crippen LogP contribution in [0.2, 0.25) is 0 Å².